The van der Waals surface area contributed by atoms with Crippen LogP contribution in [0, 0.1) is 0 Å². The summed E-state index contributed by atoms with van der Waals surface area (Å²) in [6.07, 6.45) is 3.53. The topological polar surface area (TPSA) is 50.5 Å². The van der Waals surface area contributed by atoms with Crippen LogP contribution < -0.4 is 21.6 Å². The van der Waals surface area contributed by atoms with Gasteiger partial charge in [-0.2, -0.15) is 0 Å². The molecule has 1 aliphatic heterocycles. The number of nitrogens with two attached hydrogens (primary N) is 1. The molecule has 156 valence electrons. The van der Waals surface area contributed by atoms with Gasteiger partial charge in [0.05, 0.1) is 6.10 Å². The Labute approximate surface area is 176 Å². The van der Waals surface area contributed by atoms with Crippen LogP contribution in [0.1, 0.15) is 40.0 Å². The molecule has 3 atom stereocenters. The molecule has 1 saturated heterocycles. The van der Waals surface area contributed by atoms with E-state index in [2.05, 4.69) is 91.8 Å². The highest BCUT2D eigenvalue weighted by Gasteiger charge is 2.54. The lowest BCUT2D eigenvalue weighted by molar-refractivity contribution is 0.0423. The van der Waals surface area contributed by atoms with Crippen LogP contribution in [-0.4, -0.2) is 44.5 Å². The van der Waals surface area contributed by atoms with Gasteiger partial charge in [-0.25, -0.2) is 0 Å². The molecule has 0 spiro atoms. The zero-order valence-corrected chi connectivity index (χ0v) is 19.0. The first kappa shape index (κ1) is 20.8. The maximum atomic E-state index is 7.44. The van der Waals surface area contributed by atoms with Crippen LogP contribution in [0.5, 0.6) is 0 Å². The van der Waals surface area contributed by atoms with E-state index in [0.717, 1.165) is 12.8 Å². The molecular formula is C24H35N3OSi. The van der Waals surface area contributed by atoms with Crippen molar-refractivity contribution in [3.05, 3.63) is 60.7 Å². The molecule has 0 bridgehead atoms. The SMILES string of the molecule is CC(C)(C)[Si](O[C@H]1CC(NN)C[C@@H]1N1CCC1)(c1ccccc1)c1ccccc1. The summed E-state index contributed by atoms with van der Waals surface area (Å²) in [5, 5.41) is 2.71. The van der Waals surface area contributed by atoms with Crippen molar-refractivity contribution in [1.29, 1.82) is 0 Å². The van der Waals surface area contributed by atoms with E-state index in [4.69, 9.17) is 10.3 Å². The fourth-order valence-corrected chi connectivity index (χ4v) is 9.94. The van der Waals surface area contributed by atoms with Gasteiger partial charge < -0.3 is 4.43 Å². The van der Waals surface area contributed by atoms with E-state index >= 15 is 0 Å². The summed E-state index contributed by atoms with van der Waals surface area (Å²) >= 11 is 0. The molecule has 2 aromatic carbocycles. The Kier molecular flexibility index (Phi) is 5.96. The molecule has 2 aromatic rings. The van der Waals surface area contributed by atoms with Gasteiger partial charge in [-0.05, 0) is 47.8 Å². The van der Waals surface area contributed by atoms with Gasteiger partial charge in [0.15, 0.2) is 0 Å². The Morgan fingerprint density at radius 3 is 1.90 bits per heavy atom. The van der Waals surface area contributed by atoms with Crippen LogP contribution in [-0.2, 0) is 4.43 Å². The number of likely N-dealkylation sites (tertiary alicyclic amines) is 1. The zero-order chi connectivity index (χ0) is 20.5. The van der Waals surface area contributed by atoms with E-state index in [9.17, 15) is 0 Å². The number of hydrogen-bond acceptors (Lipinski definition) is 4. The number of hydrazine groups is 1. The highest BCUT2D eigenvalue weighted by molar-refractivity contribution is 6.99. The van der Waals surface area contributed by atoms with Crippen LogP contribution in [0.25, 0.3) is 0 Å². The molecule has 4 nitrogen and oxygen atoms in total. The second-order valence-electron chi connectivity index (χ2n) is 9.61. The number of rotatable bonds is 6. The van der Waals surface area contributed by atoms with Crippen molar-refractivity contribution in [2.45, 2.75) is 63.3 Å². The lowest BCUT2D eigenvalue weighted by Crippen LogP contribution is -2.69. The first-order valence-corrected chi connectivity index (χ1v) is 12.9. The number of benzene rings is 2. The molecule has 1 aliphatic carbocycles. The number of hydrogen-bond donors (Lipinski definition) is 2. The van der Waals surface area contributed by atoms with Crippen molar-refractivity contribution in [1.82, 2.24) is 10.3 Å². The fraction of sp³-hybridized carbons (Fsp3) is 0.500. The van der Waals surface area contributed by atoms with Gasteiger partial charge in [0, 0.05) is 12.1 Å². The monoisotopic (exact) mass is 409 g/mol. The van der Waals surface area contributed by atoms with Crippen molar-refractivity contribution in [2.75, 3.05) is 13.1 Å². The summed E-state index contributed by atoms with van der Waals surface area (Å²) in [5.41, 5.74) is 3.04. The van der Waals surface area contributed by atoms with Crippen molar-refractivity contribution in [2.24, 2.45) is 5.84 Å². The Morgan fingerprint density at radius 2 is 1.48 bits per heavy atom. The third kappa shape index (κ3) is 3.82. The zero-order valence-electron chi connectivity index (χ0n) is 18.0. The van der Waals surface area contributed by atoms with E-state index in [1.165, 1.54) is 29.9 Å². The molecule has 1 heterocycles. The molecule has 5 heteroatoms. The predicted octanol–water partition coefficient (Wildman–Crippen LogP) is 2.63. The average molecular weight is 410 g/mol. The van der Waals surface area contributed by atoms with Gasteiger partial charge in [0.1, 0.15) is 0 Å². The Balaban J connectivity index is 1.80. The largest absolute Gasteiger partial charge is 0.403 e. The van der Waals surface area contributed by atoms with Crippen LogP contribution in [0.4, 0.5) is 0 Å². The van der Waals surface area contributed by atoms with Crippen LogP contribution >= 0.6 is 0 Å². The van der Waals surface area contributed by atoms with E-state index in [-0.39, 0.29) is 11.1 Å². The first-order valence-electron chi connectivity index (χ1n) is 10.9. The molecule has 0 amide bonds. The molecule has 2 aliphatic rings. The van der Waals surface area contributed by atoms with Gasteiger partial charge >= 0.3 is 0 Å². The number of nitrogens with one attached hydrogen (secondary N) is 1. The summed E-state index contributed by atoms with van der Waals surface area (Å²) in [4.78, 5) is 2.60. The smallest absolute Gasteiger partial charge is 0.261 e. The second-order valence-corrected chi connectivity index (χ2v) is 13.9. The molecule has 0 aromatic heterocycles. The quantitative estimate of drug-likeness (QED) is 0.437. The van der Waals surface area contributed by atoms with E-state index < -0.39 is 8.32 Å². The molecule has 29 heavy (non-hydrogen) atoms. The summed E-state index contributed by atoms with van der Waals surface area (Å²) in [7, 11) is -2.53. The van der Waals surface area contributed by atoms with Gasteiger partial charge in [0.2, 0.25) is 0 Å². The van der Waals surface area contributed by atoms with Gasteiger partial charge in [-0.3, -0.25) is 16.2 Å². The average Bonchev–Trinajstić information content (AvgIpc) is 3.07. The van der Waals surface area contributed by atoms with E-state index in [1.807, 2.05) is 0 Å². The molecule has 4 rings (SSSR count). The lowest BCUT2D eigenvalue weighted by atomic mass is 10.1. The van der Waals surface area contributed by atoms with E-state index in [1.54, 1.807) is 0 Å². The van der Waals surface area contributed by atoms with Crippen LogP contribution in [0.3, 0.4) is 0 Å². The van der Waals surface area contributed by atoms with Crippen LogP contribution in [0.2, 0.25) is 5.04 Å². The fourth-order valence-electron chi connectivity index (χ4n) is 5.21. The van der Waals surface area contributed by atoms with E-state index in [0.29, 0.717) is 12.1 Å². The number of nitrogens with zero attached hydrogens (tertiary/aromatic N) is 1. The third-order valence-corrected chi connectivity index (χ3v) is 11.9. The van der Waals surface area contributed by atoms with Crippen LogP contribution in [0.15, 0.2) is 60.7 Å². The first-order chi connectivity index (χ1) is 14.0. The minimum absolute atomic E-state index is 0.00341. The molecular weight excluding hydrogens is 374 g/mol. The highest BCUT2D eigenvalue weighted by atomic mass is 28.4. The maximum Gasteiger partial charge on any atom is 0.261 e. The molecule has 0 radical (unpaired) electrons. The van der Waals surface area contributed by atoms with Crippen molar-refractivity contribution in [3.8, 4) is 0 Å². The Bertz CT molecular complexity index is 749. The Hall–Kier alpha value is -1.50. The van der Waals surface area contributed by atoms with Crippen molar-refractivity contribution >= 4 is 18.7 Å². The minimum atomic E-state index is -2.53. The normalized spacial score (nSPS) is 25.7. The van der Waals surface area contributed by atoms with Gasteiger partial charge in [-0.1, -0.05) is 81.4 Å². The molecule has 1 unspecified atom stereocenters. The lowest BCUT2D eigenvalue weighted by Gasteiger charge is -2.47. The standard InChI is InChI=1S/C24H35N3OSi/c1-24(2,3)29(20-11-6-4-7-12-20,21-13-8-5-9-14-21)28-23-18-19(26-25)17-22(23)27-15-10-16-27/h4-9,11-14,19,22-23,26H,10,15-18,25H2,1-3H3/t19?,22-,23-/m0/s1. The predicted molar refractivity (Wildman–Crippen MR) is 123 cm³/mol. The highest BCUT2D eigenvalue weighted by Crippen LogP contribution is 2.41. The van der Waals surface area contributed by atoms with Crippen molar-refractivity contribution < 1.29 is 4.43 Å². The second kappa shape index (κ2) is 8.32. The Morgan fingerprint density at radius 1 is 0.931 bits per heavy atom. The molecule has 3 N–H and O–H groups in total. The summed E-state index contributed by atoms with van der Waals surface area (Å²) < 4.78 is 7.44. The summed E-state index contributed by atoms with van der Waals surface area (Å²) in [6, 6.07) is 22.7. The third-order valence-electron chi connectivity index (χ3n) is 6.81. The van der Waals surface area contributed by atoms with Gasteiger partial charge in [0.25, 0.3) is 8.32 Å². The minimum Gasteiger partial charge on any atom is -0.403 e. The summed E-state index contributed by atoms with van der Waals surface area (Å²) in [5.74, 6) is 5.88. The molecule has 2 fully saturated rings. The molecule has 1 saturated carbocycles. The van der Waals surface area contributed by atoms with Gasteiger partial charge in [-0.15, -0.1) is 0 Å². The van der Waals surface area contributed by atoms with Crippen molar-refractivity contribution in [3.63, 3.8) is 0 Å². The summed E-state index contributed by atoms with van der Waals surface area (Å²) in [6.45, 7) is 9.42. The maximum absolute atomic E-state index is 7.44.